The molecule has 0 spiro atoms. The highest BCUT2D eigenvalue weighted by atomic mass is 32.2. The first-order chi connectivity index (χ1) is 6.23. The standard InChI is InChI=1S/C5H10F3N3O2S/c6-5(7,8)4-3-10-1-2-11(4)14(9,12)13/h4,10H,1-3H2,(H2,9,12,13). The summed E-state index contributed by atoms with van der Waals surface area (Å²) in [7, 11) is -4.28. The number of alkyl halides is 3. The third-order valence-corrected chi connectivity index (χ3v) is 2.99. The Bertz CT molecular complexity index is 302. The van der Waals surface area contributed by atoms with Crippen LogP contribution in [0.25, 0.3) is 0 Å². The summed E-state index contributed by atoms with van der Waals surface area (Å²) in [6.07, 6.45) is -4.60. The molecule has 1 saturated heterocycles. The molecule has 0 aliphatic carbocycles. The first-order valence-electron chi connectivity index (χ1n) is 3.80. The maximum absolute atomic E-state index is 12.3. The first-order valence-corrected chi connectivity index (χ1v) is 5.30. The van der Waals surface area contributed by atoms with E-state index in [-0.39, 0.29) is 17.4 Å². The number of hydrogen-bond acceptors (Lipinski definition) is 3. The van der Waals surface area contributed by atoms with E-state index in [4.69, 9.17) is 0 Å². The summed E-state index contributed by atoms with van der Waals surface area (Å²) in [5.74, 6) is 0. The van der Waals surface area contributed by atoms with Crippen molar-refractivity contribution in [3.05, 3.63) is 0 Å². The van der Waals surface area contributed by atoms with E-state index in [1.54, 1.807) is 0 Å². The van der Waals surface area contributed by atoms with Gasteiger partial charge in [-0.1, -0.05) is 0 Å². The lowest BCUT2D eigenvalue weighted by Crippen LogP contribution is -2.60. The lowest BCUT2D eigenvalue weighted by molar-refractivity contribution is -0.173. The smallest absolute Gasteiger partial charge is 0.313 e. The molecule has 0 aromatic carbocycles. The average molecular weight is 233 g/mol. The van der Waals surface area contributed by atoms with Gasteiger partial charge in [-0.05, 0) is 0 Å². The monoisotopic (exact) mass is 233 g/mol. The van der Waals surface area contributed by atoms with Crippen LogP contribution in [0.2, 0.25) is 0 Å². The maximum atomic E-state index is 12.3. The van der Waals surface area contributed by atoms with Crippen LogP contribution >= 0.6 is 0 Å². The van der Waals surface area contributed by atoms with Crippen LogP contribution in [0.5, 0.6) is 0 Å². The summed E-state index contributed by atoms with van der Waals surface area (Å²) >= 11 is 0. The molecular weight excluding hydrogens is 223 g/mol. The summed E-state index contributed by atoms with van der Waals surface area (Å²) in [6, 6.07) is -2.06. The lowest BCUT2D eigenvalue weighted by atomic mass is 10.2. The molecule has 1 aliphatic heterocycles. The molecule has 1 atom stereocenters. The molecule has 1 aliphatic rings. The molecule has 3 N–H and O–H groups in total. The number of nitrogens with zero attached hydrogens (tertiary/aromatic N) is 1. The van der Waals surface area contributed by atoms with Gasteiger partial charge in [-0.25, -0.2) is 5.14 Å². The van der Waals surface area contributed by atoms with Gasteiger partial charge < -0.3 is 5.32 Å². The molecule has 5 nitrogen and oxygen atoms in total. The van der Waals surface area contributed by atoms with Crippen LogP contribution in [0, 0.1) is 0 Å². The SMILES string of the molecule is NS(=O)(=O)N1CCNCC1C(F)(F)F. The van der Waals surface area contributed by atoms with Crippen LogP contribution in [0.3, 0.4) is 0 Å². The minimum absolute atomic E-state index is 0.170. The Morgan fingerprint density at radius 1 is 1.43 bits per heavy atom. The summed E-state index contributed by atoms with van der Waals surface area (Å²) in [5.41, 5.74) is 0. The largest absolute Gasteiger partial charge is 0.406 e. The van der Waals surface area contributed by atoms with Crippen molar-refractivity contribution in [3.8, 4) is 0 Å². The van der Waals surface area contributed by atoms with Crippen molar-refractivity contribution >= 4 is 10.2 Å². The van der Waals surface area contributed by atoms with E-state index < -0.39 is 29.0 Å². The molecule has 9 heteroatoms. The molecule has 0 aromatic rings. The third-order valence-electron chi connectivity index (χ3n) is 1.90. The number of nitrogens with one attached hydrogen (secondary N) is 1. The van der Waals surface area contributed by atoms with Crippen molar-refractivity contribution < 1.29 is 21.6 Å². The molecule has 14 heavy (non-hydrogen) atoms. The van der Waals surface area contributed by atoms with Gasteiger partial charge in [-0.2, -0.15) is 25.9 Å². The van der Waals surface area contributed by atoms with Crippen LogP contribution in [-0.4, -0.2) is 44.6 Å². The fraction of sp³-hybridized carbons (Fsp3) is 1.00. The molecule has 0 saturated carbocycles. The molecule has 0 amide bonds. The summed E-state index contributed by atoms with van der Waals surface area (Å²) in [4.78, 5) is 0. The van der Waals surface area contributed by atoms with Crippen LogP contribution in [0.15, 0.2) is 0 Å². The van der Waals surface area contributed by atoms with Crippen molar-refractivity contribution in [1.82, 2.24) is 9.62 Å². The molecule has 84 valence electrons. The van der Waals surface area contributed by atoms with Gasteiger partial charge in [-0.15, -0.1) is 0 Å². The average Bonchev–Trinajstić information content (AvgIpc) is 2.01. The Labute approximate surface area is 79.2 Å². The summed E-state index contributed by atoms with van der Waals surface area (Å²) in [6.45, 7) is -0.550. The van der Waals surface area contributed by atoms with E-state index in [1.165, 1.54) is 0 Å². The van der Waals surface area contributed by atoms with Crippen LogP contribution in [0.4, 0.5) is 13.2 Å². The van der Waals surface area contributed by atoms with E-state index in [0.717, 1.165) is 0 Å². The highest BCUT2D eigenvalue weighted by Gasteiger charge is 2.48. The van der Waals surface area contributed by atoms with Gasteiger partial charge in [0.2, 0.25) is 0 Å². The van der Waals surface area contributed by atoms with E-state index in [0.29, 0.717) is 0 Å². The molecule has 1 rings (SSSR count). The van der Waals surface area contributed by atoms with Crippen molar-refractivity contribution in [3.63, 3.8) is 0 Å². The Kier molecular flexibility index (Phi) is 3.04. The maximum Gasteiger partial charge on any atom is 0.406 e. The second-order valence-corrected chi connectivity index (χ2v) is 4.42. The minimum Gasteiger partial charge on any atom is -0.313 e. The van der Waals surface area contributed by atoms with E-state index in [9.17, 15) is 21.6 Å². The lowest BCUT2D eigenvalue weighted by Gasteiger charge is -2.34. The highest BCUT2D eigenvalue weighted by Crippen LogP contribution is 2.26. The van der Waals surface area contributed by atoms with Gasteiger partial charge in [0.25, 0.3) is 10.2 Å². The van der Waals surface area contributed by atoms with Gasteiger partial charge in [-0.3, -0.25) is 0 Å². The first kappa shape index (κ1) is 11.7. The number of nitrogens with two attached hydrogens (primary N) is 1. The fourth-order valence-electron chi connectivity index (χ4n) is 1.27. The van der Waals surface area contributed by atoms with Crippen molar-refractivity contribution in [2.75, 3.05) is 19.6 Å². The number of hydrogen-bond donors (Lipinski definition) is 2. The predicted molar refractivity (Wildman–Crippen MR) is 42.5 cm³/mol. The van der Waals surface area contributed by atoms with Gasteiger partial charge in [0.1, 0.15) is 6.04 Å². The fourth-order valence-corrected chi connectivity index (χ4v) is 2.16. The molecule has 0 aromatic heterocycles. The molecule has 0 bridgehead atoms. The molecule has 1 fully saturated rings. The number of rotatable bonds is 1. The predicted octanol–water partition coefficient (Wildman–Crippen LogP) is -0.974. The zero-order valence-electron chi connectivity index (χ0n) is 7.08. The normalized spacial score (nSPS) is 26.4. The Morgan fingerprint density at radius 3 is 2.36 bits per heavy atom. The third kappa shape index (κ3) is 2.56. The van der Waals surface area contributed by atoms with Gasteiger partial charge in [0.15, 0.2) is 0 Å². The molecule has 1 unspecified atom stereocenters. The number of halogens is 3. The van der Waals surface area contributed by atoms with Gasteiger partial charge in [0, 0.05) is 19.6 Å². The van der Waals surface area contributed by atoms with Crippen LogP contribution in [0.1, 0.15) is 0 Å². The Morgan fingerprint density at radius 2 is 2.00 bits per heavy atom. The second kappa shape index (κ2) is 3.65. The molecular formula is C5H10F3N3O2S. The highest BCUT2D eigenvalue weighted by molar-refractivity contribution is 7.86. The topological polar surface area (TPSA) is 75.4 Å². The Hall–Kier alpha value is -0.380. The van der Waals surface area contributed by atoms with E-state index >= 15 is 0 Å². The van der Waals surface area contributed by atoms with E-state index in [2.05, 4.69) is 10.5 Å². The van der Waals surface area contributed by atoms with Crippen molar-refractivity contribution in [1.29, 1.82) is 0 Å². The van der Waals surface area contributed by atoms with E-state index in [1.807, 2.05) is 0 Å². The zero-order chi connectivity index (χ0) is 11.0. The molecule has 1 heterocycles. The number of piperazine rings is 1. The molecule has 0 radical (unpaired) electrons. The van der Waals surface area contributed by atoms with Crippen molar-refractivity contribution in [2.24, 2.45) is 5.14 Å². The second-order valence-electron chi connectivity index (χ2n) is 2.92. The van der Waals surface area contributed by atoms with Gasteiger partial charge in [0.05, 0.1) is 0 Å². The van der Waals surface area contributed by atoms with Crippen molar-refractivity contribution in [2.45, 2.75) is 12.2 Å². The summed E-state index contributed by atoms with van der Waals surface area (Å²) in [5, 5.41) is 7.13. The zero-order valence-corrected chi connectivity index (χ0v) is 7.90. The summed E-state index contributed by atoms with van der Waals surface area (Å²) < 4.78 is 58.9. The van der Waals surface area contributed by atoms with Gasteiger partial charge >= 0.3 is 6.18 Å². The van der Waals surface area contributed by atoms with Crippen LogP contribution < -0.4 is 10.5 Å². The Balaban J connectivity index is 2.91. The van der Waals surface area contributed by atoms with Crippen LogP contribution in [-0.2, 0) is 10.2 Å². The quantitative estimate of drug-likeness (QED) is 0.611. The minimum atomic E-state index is -4.60.